The number of hydrogen-bond donors (Lipinski definition) is 0. The van der Waals surface area contributed by atoms with Crippen LogP contribution in [-0.2, 0) is 5.41 Å². The highest BCUT2D eigenvalue weighted by molar-refractivity contribution is 6.18. The van der Waals surface area contributed by atoms with Crippen LogP contribution in [0.5, 0.6) is 0 Å². The first kappa shape index (κ1) is 30.0. The molecule has 2 heterocycles. The molecule has 53 heavy (non-hydrogen) atoms. The highest BCUT2D eigenvalue weighted by Crippen LogP contribution is 2.58. The molecule has 11 rings (SSSR count). The van der Waals surface area contributed by atoms with Gasteiger partial charge >= 0.3 is 0 Å². The number of para-hydroxylation sites is 2. The highest BCUT2D eigenvalue weighted by atomic mass is 15.1. The summed E-state index contributed by atoms with van der Waals surface area (Å²) < 4.78 is 2.55. The number of nitrogens with zero attached hydrogens (tertiary/aromatic N) is 2. The van der Waals surface area contributed by atoms with Crippen LogP contribution < -0.4 is 4.90 Å². The fourth-order valence-electron chi connectivity index (χ4n) is 9.26. The van der Waals surface area contributed by atoms with Gasteiger partial charge in [0, 0.05) is 44.3 Å². The van der Waals surface area contributed by atoms with E-state index < -0.39 is 0 Å². The maximum absolute atomic E-state index is 2.55. The van der Waals surface area contributed by atoms with Crippen LogP contribution in [0.4, 0.5) is 17.1 Å². The minimum Gasteiger partial charge on any atom is -0.310 e. The molecule has 0 fully saturated rings. The molecular formula is C51H36N2. The van der Waals surface area contributed by atoms with Crippen molar-refractivity contribution in [1.82, 2.24) is 4.57 Å². The minimum atomic E-state index is -0.105. The van der Waals surface area contributed by atoms with Crippen molar-refractivity contribution in [2.45, 2.75) is 19.3 Å². The molecule has 1 aliphatic carbocycles. The Hall–Kier alpha value is -6.64. The molecule has 0 radical (unpaired) electrons. The van der Waals surface area contributed by atoms with Crippen molar-refractivity contribution < 1.29 is 0 Å². The van der Waals surface area contributed by atoms with Crippen LogP contribution in [0.2, 0.25) is 0 Å². The summed E-state index contributed by atoms with van der Waals surface area (Å²) in [6.07, 6.45) is 0. The van der Waals surface area contributed by atoms with Gasteiger partial charge in [-0.1, -0.05) is 147 Å². The van der Waals surface area contributed by atoms with Crippen molar-refractivity contribution >= 4 is 38.9 Å². The van der Waals surface area contributed by atoms with Gasteiger partial charge in [0.25, 0.3) is 0 Å². The first-order chi connectivity index (χ1) is 26.1. The maximum atomic E-state index is 2.55. The fourth-order valence-corrected chi connectivity index (χ4v) is 9.26. The van der Waals surface area contributed by atoms with E-state index in [1.165, 1.54) is 83.1 Å². The van der Waals surface area contributed by atoms with Crippen molar-refractivity contribution in [3.05, 3.63) is 193 Å². The third-order valence-electron chi connectivity index (χ3n) is 11.7. The van der Waals surface area contributed by atoms with Gasteiger partial charge in [0.2, 0.25) is 0 Å². The lowest BCUT2D eigenvalue weighted by atomic mass is 9.81. The van der Waals surface area contributed by atoms with Crippen molar-refractivity contribution in [1.29, 1.82) is 0 Å². The number of benzene rings is 8. The number of hydrogen-bond acceptors (Lipinski definition) is 1. The van der Waals surface area contributed by atoms with E-state index in [0.29, 0.717) is 0 Å². The molecule has 0 bridgehead atoms. The van der Waals surface area contributed by atoms with Gasteiger partial charge in [-0.25, -0.2) is 0 Å². The molecule has 2 aliphatic rings. The van der Waals surface area contributed by atoms with Gasteiger partial charge in [0.15, 0.2) is 0 Å². The first-order valence-corrected chi connectivity index (χ1v) is 18.5. The lowest BCUT2D eigenvalue weighted by molar-refractivity contribution is 0.661. The molecule has 0 spiro atoms. The number of aromatic nitrogens is 1. The molecular weight excluding hydrogens is 641 g/mol. The molecule has 1 aliphatic heterocycles. The van der Waals surface area contributed by atoms with Crippen LogP contribution >= 0.6 is 0 Å². The SMILES string of the molecule is CC1(C)c2cccc3c2-c2c1ccc1c4ccccc4n(c21)-c1ccc(N(c2ccccc2)c2ccc(-c4ccccc4)cc2-c2ccccc2)cc1-3. The van der Waals surface area contributed by atoms with Crippen molar-refractivity contribution in [2.24, 2.45) is 0 Å². The Morgan fingerprint density at radius 1 is 0.434 bits per heavy atom. The van der Waals surface area contributed by atoms with Crippen LogP contribution in [0, 0.1) is 0 Å². The zero-order valence-electron chi connectivity index (χ0n) is 29.7. The highest BCUT2D eigenvalue weighted by Gasteiger charge is 2.41. The average molecular weight is 677 g/mol. The van der Waals surface area contributed by atoms with Gasteiger partial charge < -0.3 is 9.47 Å². The van der Waals surface area contributed by atoms with E-state index >= 15 is 0 Å². The monoisotopic (exact) mass is 676 g/mol. The quantitative estimate of drug-likeness (QED) is 0.176. The lowest BCUT2D eigenvalue weighted by Crippen LogP contribution is -2.15. The van der Waals surface area contributed by atoms with Crippen LogP contribution in [0.1, 0.15) is 25.0 Å². The molecule has 1 aromatic heterocycles. The molecule has 0 N–H and O–H groups in total. The van der Waals surface area contributed by atoms with Crippen LogP contribution in [0.3, 0.4) is 0 Å². The van der Waals surface area contributed by atoms with E-state index in [-0.39, 0.29) is 5.41 Å². The van der Waals surface area contributed by atoms with E-state index in [4.69, 9.17) is 0 Å². The van der Waals surface area contributed by atoms with Crippen LogP contribution in [0.25, 0.3) is 72.0 Å². The van der Waals surface area contributed by atoms with Gasteiger partial charge in [-0.05, 0) is 87.5 Å². The van der Waals surface area contributed by atoms with Gasteiger partial charge in [-0.15, -0.1) is 0 Å². The fraction of sp³-hybridized carbons (Fsp3) is 0.0588. The first-order valence-electron chi connectivity index (χ1n) is 18.5. The molecule has 250 valence electrons. The second kappa shape index (κ2) is 11.2. The summed E-state index contributed by atoms with van der Waals surface area (Å²) in [4.78, 5) is 2.44. The summed E-state index contributed by atoms with van der Waals surface area (Å²) in [5.41, 5.74) is 19.9. The number of fused-ring (bicyclic) bond motifs is 6. The van der Waals surface area contributed by atoms with Crippen molar-refractivity contribution in [3.63, 3.8) is 0 Å². The molecule has 0 saturated heterocycles. The van der Waals surface area contributed by atoms with Gasteiger partial charge in [-0.3, -0.25) is 0 Å². The van der Waals surface area contributed by atoms with Gasteiger partial charge in [0.05, 0.1) is 22.4 Å². The number of rotatable bonds is 5. The van der Waals surface area contributed by atoms with Crippen LogP contribution in [-0.4, -0.2) is 4.57 Å². The van der Waals surface area contributed by atoms with Crippen molar-refractivity contribution in [3.8, 4) is 50.2 Å². The van der Waals surface area contributed by atoms with E-state index in [1.54, 1.807) is 0 Å². The van der Waals surface area contributed by atoms with E-state index in [0.717, 1.165) is 17.1 Å². The molecule has 2 nitrogen and oxygen atoms in total. The zero-order valence-corrected chi connectivity index (χ0v) is 29.7. The molecule has 0 atom stereocenters. The molecule has 9 aromatic rings. The Labute approximate surface area is 309 Å². The predicted octanol–water partition coefficient (Wildman–Crippen LogP) is 13.9. The third-order valence-corrected chi connectivity index (χ3v) is 11.7. The summed E-state index contributed by atoms with van der Waals surface area (Å²) in [6, 6.07) is 67.0. The Kier molecular flexibility index (Phi) is 6.33. The molecule has 0 saturated carbocycles. The summed E-state index contributed by atoms with van der Waals surface area (Å²) in [5.74, 6) is 0. The summed E-state index contributed by atoms with van der Waals surface area (Å²) in [7, 11) is 0. The topological polar surface area (TPSA) is 8.17 Å². The minimum absolute atomic E-state index is 0.105. The molecule has 8 aromatic carbocycles. The Morgan fingerprint density at radius 3 is 1.92 bits per heavy atom. The Morgan fingerprint density at radius 2 is 1.13 bits per heavy atom. The van der Waals surface area contributed by atoms with E-state index in [2.05, 4.69) is 205 Å². The summed E-state index contributed by atoms with van der Waals surface area (Å²) >= 11 is 0. The molecule has 0 amide bonds. The standard InChI is InChI=1S/C51H36N2/c1-51(2)43-23-14-22-39-42-32-37(26-30-47(42)53-45-24-13-12-21-38(45)40-27-28-44(51)49(48(39)43)50(40)53)52(36-19-10-5-11-20-36)46-29-25-35(33-15-6-3-7-16-33)31-41(46)34-17-8-4-9-18-34/h3-32H,1-2H3. The number of anilines is 3. The average Bonchev–Trinajstić information content (AvgIpc) is 3.62. The lowest BCUT2D eigenvalue weighted by Gasteiger charge is -2.29. The van der Waals surface area contributed by atoms with Gasteiger partial charge in [0.1, 0.15) is 0 Å². The molecule has 2 heteroatoms. The summed E-state index contributed by atoms with van der Waals surface area (Å²) in [5, 5.41) is 2.61. The van der Waals surface area contributed by atoms with Crippen molar-refractivity contribution in [2.75, 3.05) is 4.90 Å². The normalized spacial score (nSPS) is 13.2. The molecule has 0 unspecified atom stereocenters. The van der Waals surface area contributed by atoms with E-state index in [1.807, 2.05) is 0 Å². The predicted molar refractivity (Wildman–Crippen MR) is 223 cm³/mol. The van der Waals surface area contributed by atoms with Gasteiger partial charge in [-0.2, -0.15) is 0 Å². The maximum Gasteiger partial charge on any atom is 0.0623 e. The van der Waals surface area contributed by atoms with Crippen LogP contribution in [0.15, 0.2) is 182 Å². The largest absolute Gasteiger partial charge is 0.310 e. The zero-order chi connectivity index (χ0) is 35.3. The Balaban J connectivity index is 1.21. The van der Waals surface area contributed by atoms with E-state index in [9.17, 15) is 0 Å². The second-order valence-corrected chi connectivity index (χ2v) is 14.9. The summed E-state index contributed by atoms with van der Waals surface area (Å²) in [6.45, 7) is 4.78. The smallest absolute Gasteiger partial charge is 0.0623 e. The Bertz CT molecular complexity index is 2900. The third kappa shape index (κ3) is 4.27. The second-order valence-electron chi connectivity index (χ2n) is 14.9.